The third-order valence-corrected chi connectivity index (χ3v) is 9.91. The quantitative estimate of drug-likeness (QED) is 0.410. The van der Waals surface area contributed by atoms with Gasteiger partial charge in [-0.3, -0.25) is 0 Å². The normalized spacial score (nSPS) is 10.8. The SMILES string of the molecule is Cc1ccccc1[Se]c1cc(-c2ccccc2)[se]c1-c1ccccc1. The molecule has 0 fully saturated rings. The Morgan fingerprint density at radius 1 is 0.640 bits per heavy atom. The predicted octanol–water partition coefficient (Wildman–Crippen LogP) is 4.04. The van der Waals surface area contributed by atoms with E-state index in [1.807, 2.05) is 0 Å². The van der Waals surface area contributed by atoms with Crippen LogP contribution in [0.15, 0.2) is 91.0 Å². The second-order valence-electron chi connectivity index (χ2n) is 5.90. The van der Waals surface area contributed by atoms with Gasteiger partial charge in [0.25, 0.3) is 0 Å². The molecule has 0 saturated carbocycles. The van der Waals surface area contributed by atoms with Gasteiger partial charge in [0.05, 0.1) is 0 Å². The van der Waals surface area contributed by atoms with E-state index in [4.69, 9.17) is 0 Å². The van der Waals surface area contributed by atoms with Crippen LogP contribution in [0.3, 0.4) is 0 Å². The van der Waals surface area contributed by atoms with Crippen LogP contribution in [0.2, 0.25) is 0 Å². The molecule has 3 aromatic carbocycles. The zero-order chi connectivity index (χ0) is 17.1. The second kappa shape index (κ2) is 7.60. The van der Waals surface area contributed by atoms with Gasteiger partial charge in [0.2, 0.25) is 0 Å². The number of hydrogen-bond acceptors (Lipinski definition) is 0. The Morgan fingerprint density at radius 2 is 1.24 bits per heavy atom. The second-order valence-corrected chi connectivity index (χ2v) is 10.4. The van der Waals surface area contributed by atoms with Gasteiger partial charge in [0, 0.05) is 0 Å². The average molecular weight is 452 g/mol. The maximum absolute atomic E-state index is 2.46. The average Bonchev–Trinajstić information content (AvgIpc) is 3.09. The Hall–Kier alpha value is -1.82. The zero-order valence-electron chi connectivity index (χ0n) is 14.0. The standard InChI is InChI=1S/C23H18Se2/c1-17-10-8-9-15-20(17)24-22-16-21(18-11-4-2-5-12-18)25-23(22)19-13-6-3-7-14-19/h2-16H,1H3. The number of aryl methyl sites for hydroxylation is 1. The van der Waals surface area contributed by atoms with Crippen LogP contribution in [0.4, 0.5) is 0 Å². The first-order chi connectivity index (χ1) is 12.3. The van der Waals surface area contributed by atoms with Crippen LogP contribution < -0.4 is 8.92 Å². The van der Waals surface area contributed by atoms with Crippen molar-refractivity contribution in [1.29, 1.82) is 0 Å². The molecule has 4 rings (SSSR count). The molecule has 0 spiro atoms. The van der Waals surface area contributed by atoms with E-state index in [1.165, 1.54) is 30.1 Å². The molecular weight excluding hydrogens is 434 g/mol. The fraction of sp³-hybridized carbons (Fsp3) is 0.0435. The Morgan fingerprint density at radius 3 is 1.92 bits per heavy atom. The van der Waals surface area contributed by atoms with Crippen LogP contribution in [-0.4, -0.2) is 29.5 Å². The predicted molar refractivity (Wildman–Crippen MR) is 110 cm³/mol. The molecule has 1 aromatic heterocycles. The molecule has 1 heterocycles. The van der Waals surface area contributed by atoms with Crippen molar-refractivity contribution in [3.05, 3.63) is 96.6 Å². The summed E-state index contributed by atoms with van der Waals surface area (Å²) in [7, 11) is 0. The van der Waals surface area contributed by atoms with Crippen molar-refractivity contribution in [3.63, 3.8) is 0 Å². The van der Waals surface area contributed by atoms with E-state index in [1.54, 1.807) is 4.44 Å². The van der Waals surface area contributed by atoms with Crippen LogP contribution >= 0.6 is 0 Å². The summed E-state index contributed by atoms with van der Waals surface area (Å²) in [6.45, 7) is 2.22. The monoisotopic (exact) mass is 454 g/mol. The molecule has 0 atom stereocenters. The topological polar surface area (TPSA) is 0 Å². The van der Waals surface area contributed by atoms with Crippen molar-refractivity contribution in [2.75, 3.05) is 0 Å². The van der Waals surface area contributed by atoms with Gasteiger partial charge in [0.15, 0.2) is 0 Å². The van der Waals surface area contributed by atoms with Crippen LogP contribution in [-0.2, 0) is 0 Å². The van der Waals surface area contributed by atoms with Crippen molar-refractivity contribution in [2.24, 2.45) is 0 Å². The molecule has 0 aliphatic carbocycles. The van der Waals surface area contributed by atoms with Gasteiger partial charge in [-0.25, -0.2) is 0 Å². The molecule has 0 aliphatic heterocycles. The van der Waals surface area contributed by atoms with E-state index in [9.17, 15) is 0 Å². The van der Waals surface area contributed by atoms with E-state index in [2.05, 4.69) is 97.9 Å². The van der Waals surface area contributed by atoms with E-state index >= 15 is 0 Å². The van der Waals surface area contributed by atoms with Crippen molar-refractivity contribution in [2.45, 2.75) is 6.92 Å². The Bertz CT molecular complexity index is 969. The molecule has 0 saturated heterocycles. The van der Waals surface area contributed by atoms with Gasteiger partial charge < -0.3 is 0 Å². The molecule has 25 heavy (non-hydrogen) atoms. The van der Waals surface area contributed by atoms with Crippen molar-refractivity contribution >= 4 is 38.4 Å². The summed E-state index contributed by atoms with van der Waals surface area (Å²) < 4.78 is 6.07. The first-order valence-corrected chi connectivity index (χ1v) is 11.7. The van der Waals surface area contributed by atoms with E-state index in [0.717, 1.165) is 0 Å². The van der Waals surface area contributed by atoms with Gasteiger partial charge >= 0.3 is 162 Å². The molecule has 2 heteroatoms. The fourth-order valence-electron chi connectivity index (χ4n) is 2.77. The van der Waals surface area contributed by atoms with Crippen LogP contribution in [0.5, 0.6) is 0 Å². The summed E-state index contributed by atoms with van der Waals surface area (Å²) >= 11 is 0.706. The molecule has 0 aliphatic rings. The molecule has 0 radical (unpaired) electrons. The first-order valence-electron chi connectivity index (χ1n) is 8.29. The number of hydrogen-bond donors (Lipinski definition) is 0. The zero-order valence-corrected chi connectivity index (χ0v) is 17.4. The van der Waals surface area contributed by atoms with Crippen molar-refractivity contribution in [3.8, 4) is 20.0 Å². The molecule has 0 nitrogen and oxygen atoms in total. The fourth-order valence-corrected chi connectivity index (χ4v) is 8.39. The molecule has 0 amide bonds. The number of benzene rings is 3. The van der Waals surface area contributed by atoms with Crippen LogP contribution in [0.25, 0.3) is 20.0 Å². The van der Waals surface area contributed by atoms with Gasteiger partial charge in [-0.1, -0.05) is 0 Å². The Balaban J connectivity index is 1.81. The van der Waals surface area contributed by atoms with Gasteiger partial charge in [-0.15, -0.1) is 0 Å². The Kier molecular flexibility index (Phi) is 5.06. The molecular formula is C23H18Se2. The van der Waals surface area contributed by atoms with Gasteiger partial charge in [-0.05, 0) is 0 Å². The van der Waals surface area contributed by atoms with E-state index in [-0.39, 0.29) is 0 Å². The molecule has 0 bridgehead atoms. The summed E-state index contributed by atoms with van der Waals surface area (Å²) in [5, 5.41) is 0. The van der Waals surface area contributed by atoms with Crippen LogP contribution in [0.1, 0.15) is 5.56 Å². The molecule has 0 N–H and O–H groups in total. The van der Waals surface area contributed by atoms with Crippen LogP contribution in [0, 0.1) is 6.92 Å². The first kappa shape index (κ1) is 16.6. The molecule has 122 valence electrons. The minimum absolute atomic E-state index is 0.342. The summed E-state index contributed by atoms with van der Waals surface area (Å²) in [5.41, 5.74) is 4.15. The van der Waals surface area contributed by atoms with E-state index < -0.39 is 0 Å². The summed E-state index contributed by atoms with van der Waals surface area (Å²) in [4.78, 5) is 0. The van der Waals surface area contributed by atoms with Gasteiger partial charge in [-0.2, -0.15) is 0 Å². The van der Waals surface area contributed by atoms with Gasteiger partial charge in [0.1, 0.15) is 0 Å². The van der Waals surface area contributed by atoms with Crippen molar-refractivity contribution in [1.82, 2.24) is 0 Å². The van der Waals surface area contributed by atoms with Crippen molar-refractivity contribution < 1.29 is 0 Å². The third kappa shape index (κ3) is 3.73. The molecule has 0 unspecified atom stereocenters. The maximum atomic E-state index is 2.46. The summed E-state index contributed by atoms with van der Waals surface area (Å²) in [6, 6.07) is 33.0. The number of rotatable bonds is 4. The molecule has 4 aromatic rings. The minimum atomic E-state index is 0.342. The summed E-state index contributed by atoms with van der Waals surface area (Å²) in [5.74, 6) is 0. The van der Waals surface area contributed by atoms with E-state index in [0.29, 0.717) is 29.5 Å². The Labute approximate surface area is 161 Å². The summed E-state index contributed by atoms with van der Waals surface area (Å²) in [6.07, 6.45) is 0. The third-order valence-electron chi connectivity index (χ3n) is 4.11.